The summed E-state index contributed by atoms with van der Waals surface area (Å²) < 4.78 is 5.35. The van der Waals surface area contributed by atoms with Crippen LogP contribution < -0.4 is 10.2 Å². The van der Waals surface area contributed by atoms with Gasteiger partial charge in [-0.1, -0.05) is 12.1 Å². The molecule has 0 bridgehead atoms. The largest absolute Gasteiger partial charge is 0.384 e. The summed E-state index contributed by atoms with van der Waals surface area (Å²) >= 11 is 0. The molecule has 0 aromatic heterocycles. The second kappa shape index (κ2) is 6.59. The van der Waals surface area contributed by atoms with Crippen molar-refractivity contribution in [3.05, 3.63) is 29.8 Å². The standard InChI is InChI=1S/C17H26N2O/c1-20-13-15-11-18-12-17(15)14-5-7-16(8-6-14)19-9-3-2-4-10-19/h5-8,15,17-18H,2-4,9-13H2,1H3. The van der Waals surface area contributed by atoms with E-state index in [1.165, 1.54) is 43.6 Å². The third-order valence-electron chi connectivity index (χ3n) is 4.76. The molecule has 110 valence electrons. The van der Waals surface area contributed by atoms with Crippen molar-refractivity contribution in [1.82, 2.24) is 5.32 Å². The van der Waals surface area contributed by atoms with Crippen LogP contribution in [0.5, 0.6) is 0 Å². The smallest absolute Gasteiger partial charge is 0.0508 e. The first-order valence-corrected chi connectivity index (χ1v) is 7.93. The van der Waals surface area contributed by atoms with Crippen molar-refractivity contribution in [3.63, 3.8) is 0 Å². The maximum absolute atomic E-state index is 5.35. The molecule has 1 aromatic rings. The molecule has 2 aliphatic rings. The quantitative estimate of drug-likeness (QED) is 0.913. The van der Waals surface area contributed by atoms with E-state index in [-0.39, 0.29) is 0 Å². The van der Waals surface area contributed by atoms with Gasteiger partial charge in [-0.2, -0.15) is 0 Å². The summed E-state index contributed by atoms with van der Waals surface area (Å²) in [5.74, 6) is 1.21. The van der Waals surface area contributed by atoms with E-state index in [1.807, 2.05) is 0 Å². The molecule has 3 rings (SSSR count). The van der Waals surface area contributed by atoms with Crippen molar-refractivity contribution >= 4 is 5.69 Å². The lowest BCUT2D eigenvalue weighted by atomic mass is 9.89. The van der Waals surface area contributed by atoms with Crippen molar-refractivity contribution in [2.45, 2.75) is 25.2 Å². The van der Waals surface area contributed by atoms with E-state index in [0.717, 1.165) is 19.7 Å². The highest BCUT2D eigenvalue weighted by molar-refractivity contribution is 5.48. The summed E-state index contributed by atoms with van der Waals surface area (Å²) in [4.78, 5) is 2.52. The topological polar surface area (TPSA) is 24.5 Å². The highest BCUT2D eigenvalue weighted by atomic mass is 16.5. The molecule has 2 aliphatic heterocycles. The van der Waals surface area contributed by atoms with Gasteiger partial charge >= 0.3 is 0 Å². The first-order chi connectivity index (χ1) is 9.88. The van der Waals surface area contributed by atoms with Crippen LogP contribution in [0.15, 0.2) is 24.3 Å². The Hall–Kier alpha value is -1.06. The van der Waals surface area contributed by atoms with Gasteiger partial charge in [0.2, 0.25) is 0 Å². The minimum atomic E-state index is 0.602. The monoisotopic (exact) mass is 274 g/mol. The second-order valence-corrected chi connectivity index (χ2v) is 6.12. The van der Waals surface area contributed by atoms with Crippen LogP contribution in [-0.2, 0) is 4.74 Å². The maximum Gasteiger partial charge on any atom is 0.0508 e. The number of anilines is 1. The van der Waals surface area contributed by atoms with Gasteiger partial charge in [-0.05, 0) is 37.0 Å². The van der Waals surface area contributed by atoms with E-state index in [1.54, 1.807) is 7.11 Å². The van der Waals surface area contributed by atoms with Crippen molar-refractivity contribution in [3.8, 4) is 0 Å². The van der Waals surface area contributed by atoms with Crippen molar-refractivity contribution < 1.29 is 4.74 Å². The minimum absolute atomic E-state index is 0.602. The van der Waals surface area contributed by atoms with Crippen LogP contribution in [0, 0.1) is 5.92 Å². The average molecular weight is 274 g/mol. The molecule has 2 saturated heterocycles. The van der Waals surface area contributed by atoms with Crippen molar-refractivity contribution in [2.75, 3.05) is 44.8 Å². The fraction of sp³-hybridized carbons (Fsp3) is 0.647. The summed E-state index contributed by atoms with van der Waals surface area (Å²) in [7, 11) is 1.80. The summed E-state index contributed by atoms with van der Waals surface area (Å²) in [6, 6.07) is 9.26. The number of hydrogen-bond donors (Lipinski definition) is 1. The molecule has 1 aromatic carbocycles. The summed E-state index contributed by atoms with van der Waals surface area (Å²) in [5.41, 5.74) is 2.85. The molecule has 0 spiro atoms. The Morgan fingerprint density at radius 3 is 2.55 bits per heavy atom. The molecule has 3 nitrogen and oxygen atoms in total. The van der Waals surface area contributed by atoms with Crippen LogP contribution in [-0.4, -0.2) is 39.9 Å². The van der Waals surface area contributed by atoms with E-state index in [9.17, 15) is 0 Å². The van der Waals surface area contributed by atoms with Gasteiger partial charge in [0, 0.05) is 50.8 Å². The van der Waals surface area contributed by atoms with Gasteiger partial charge in [-0.25, -0.2) is 0 Å². The Morgan fingerprint density at radius 1 is 1.10 bits per heavy atom. The van der Waals surface area contributed by atoms with E-state index < -0.39 is 0 Å². The molecule has 1 N–H and O–H groups in total. The van der Waals surface area contributed by atoms with Crippen LogP contribution in [0.2, 0.25) is 0 Å². The van der Waals surface area contributed by atoms with Crippen molar-refractivity contribution in [1.29, 1.82) is 0 Å². The molecule has 3 heteroatoms. The third kappa shape index (κ3) is 2.99. The molecule has 0 amide bonds. The van der Waals surface area contributed by atoms with Gasteiger partial charge in [-0.15, -0.1) is 0 Å². The highest BCUT2D eigenvalue weighted by Crippen LogP contribution is 2.30. The molecule has 2 unspecified atom stereocenters. The fourth-order valence-corrected chi connectivity index (χ4v) is 3.60. The molecule has 0 saturated carbocycles. The minimum Gasteiger partial charge on any atom is -0.384 e. The maximum atomic E-state index is 5.35. The molecule has 2 fully saturated rings. The Balaban J connectivity index is 1.69. The molecular weight excluding hydrogens is 248 g/mol. The van der Waals surface area contributed by atoms with E-state index in [4.69, 9.17) is 4.74 Å². The lowest BCUT2D eigenvalue weighted by Gasteiger charge is -2.29. The van der Waals surface area contributed by atoms with Crippen LogP contribution in [0.1, 0.15) is 30.7 Å². The van der Waals surface area contributed by atoms with Gasteiger partial charge in [0.1, 0.15) is 0 Å². The lowest BCUT2D eigenvalue weighted by Crippen LogP contribution is -2.29. The van der Waals surface area contributed by atoms with Gasteiger partial charge in [0.05, 0.1) is 6.61 Å². The fourth-order valence-electron chi connectivity index (χ4n) is 3.60. The Morgan fingerprint density at radius 2 is 1.85 bits per heavy atom. The normalized spacial score (nSPS) is 26.9. The number of benzene rings is 1. The van der Waals surface area contributed by atoms with Crippen LogP contribution >= 0.6 is 0 Å². The van der Waals surface area contributed by atoms with Crippen LogP contribution in [0.25, 0.3) is 0 Å². The van der Waals surface area contributed by atoms with Crippen LogP contribution in [0.3, 0.4) is 0 Å². The summed E-state index contributed by atoms with van der Waals surface area (Å²) in [6.07, 6.45) is 4.06. The van der Waals surface area contributed by atoms with Crippen LogP contribution in [0.4, 0.5) is 5.69 Å². The predicted molar refractivity (Wildman–Crippen MR) is 83.5 cm³/mol. The molecule has 2 atom stereocenters. The number of piperidine rings is 1. The van der Waals surface area contributed by atoms with Gasteiger partial charge in [-0.3, -0.25) is 0 Å². The van der Waals surface area contributed by atoms with E-state index in [0.29, 0.717) is 11.8 Å². The molecular formula is C17H26N2O. The molecule has 20 heavy (non-hydrogen) atoms. The predicted octanol–water partition coefficient (Wildman–Crippen LogP) is 2.63. The molecule has 2 heterocycles. The summed E-state index contributed by atoms with van der Waals surface area (Å²) in [5, 5.41) is 3.49. The first kappa shape index (κ1) is 13.9. The third-order valence-corrected chi connectivity index (χ3v) is 4.76. The Kier molecular flexibility index (Phi) is 4.58. The molecule has 0 aliphatic carbocycles. The zero-order valence-electron chi connectivity index (χ0n) is 12.5. The number of nitrogens with one attached hydrogen (secondary N) is 1. The number of hydrogen-bond acceptors (Lipinski definition) is 3. The van der Waals surface area contributed by atoms with Crippen molar-refractivity contribution in [2.24, 2.45) is 5.92 Å². The summed E-state index contributed by atoms with van der Waals surface area (Å²) in [6.45, 7) is 5.45. The highest BCUT2D eigenvalue weighted by Gasteiger charge is 2.28. The lowest BCUT2D eigenvalue weighted by molar-refractivity contribution is 0.153. The Labute approximate surface area is 122 Å². The first-order valence-electron chi connectivity index (χ1n) is 7.93. The average Bonchev–Trinajstić information content (AvgIpc) is 2.97. The number of methoxy groups -OCH3 is 1. The van der Waals surface area contributed by atoms with Gasteiger partial charge in [0.15, 0.2) is 0 Å². The van der Waals surface area contributed by atoms with E-state index >= 15 is 0 Å². The van der Waals surface area contributed by atoms with E-state index in [2.05, 4.69) is 34.5 Å². The SMILES string of the molecule is COCC1CNCC1c1ccc(N2CCCCC2)cc1. The number of ether oxygens (including phenoxy) is 1. The van der Waals surface area contributed by atoms with Gasteiger partial charge in [0.25, 0.3) is 0 Å². The zero-order valence-corrected chi connectivity index (χ0v) is 12.5. The zero-order chi connectivity index (χ0) is 13.8. The van der Waals surface area contributed by atoms with Gasteiger partial charge < -0.3 is 15.0 Å². The number of rotatable bonds is 4. The Bertz CT molecular complexity index is 412. The second-order valence-electron chi connectivity index (χ2n) is 6.12. The molecule has 0 radical (unpaired) electrons. The number of nitrogens with zero attached hydrogens (tertiary/aromatic N) is 1.